The molecule has 62 valence electrons. The van der Waals surface area contributed by atoms with E-state index in [1.807, 2.05) is 6.92 Å². The van der Waals surface area contributed by atoms with Crippen LogP contribution in [0.1, 0.15) is 19.8 Å². The summed E-state index contributed by atoms with van der Waals surface area (Å²) in [4.78, 5) is 11.1. The summed E-state index contributed by atoms with van der Waals surface area (Å²) in [6, 6.07) is 0.483. The minimum atomic E-state index is -0.0654. The molecule has 1 saturated heterocycles. The Bertz CT molecular complexity index is 177. The van der Waals surface area contributed by atoms with E-state index in [9.17, 15) is 4.79 Å². The van der Waals surface area contributed by atoms with Gasteiger partial charge in [-0.25, -0.2) is 0 Å². The van der Waals surface area contributed by atoms with E-state index in [4.69, 9.17) is 4.74 Å². The van der Waals surface area contributed by atoms with Gasteiger partial charge >= 0.3 is 5.97 Å². The van der Waals surface area contributed by atoms with Crippen molar-refractivity contribution in [3.05, 3.63) is 0 Å². The Labute approximate surface area is 66.1 Å². The lowest BCUT2D eigenvalue weighted by Gasteiger charge is -1.96. The van der Waals surface area contributed by atoms with Crippen LogP contribution in [-0.2, 0) is 9.53 Å². The van der Waals surface area contributed by atoms with Crippen molar-refractivity contribution in [2.75, 3.05) is 6.61 Å². The highest BCUT2D eigenvalue weighted by Crippen LogP contribution is 2.39. The van der Waals surface area contributed by atoms with Gasteiger partial charge in [0, 0.05) is 6.04 Å². The van der Waals surface area contributed by atoms with E-state index >= 15 is 0 Å². The molecule has 0 amide bonds. The van der Waals surface area contributed by atoms with Crippen LogP contribution < -0.4 is 5.32 Å². The molecule has 0 aromatic rings. The number of hydrogen-bond acceptors (Lipinski definition) is 3. The minimum Gasteiger partial charge on any atom is -0.465 e. The summed E-state index contributed by atoms with van der Waals surface area (Å²) in [5.74, 6) is 0.703. The molecule has 1 aliphatic carbocycles. The second-order valence-corrected chi connectivity index (χ2v) is 3.26. The molecule has 2 aliphatic rings. The molecule has 0 unspecified atom stereocenters. The largest absolute Gasteiger partial charge is 0.465 e. The van der Waals surface area contributed by atoms with E-state index in [1.54, 1.807) is 0 Å². The van der Waals surface area contributed by atoms with Gasteiger partial charge in [-0.3, -0.25) is 10.1 Å². The topological polar surface area (TPSA) is 48.2 Å². The van der Waals surface area contributed by atoms with Gasteiger partial charge in [-0.05, 0) is 25.7 Å². The summed E-state index contributed by atoms with van der Waals surface area (Å²) in [6.07, 6.45) is 2.57. The Balaban J connectivity index is 1.76. The molecular formula is C8H13NO2. The van der Waals surface area contributed by atoms with Crippen LogP contribution >= 0.6 is 0 Å². The molecule has 0 radical (unpaired) electrons. The molecule has 0 aromatic heterocycles. The normalized spacial score (nSPS) is 35.0. The highest BCUT2D eigenvalue weighted by Gasteiger charge is 2.51. The predicted octanol–water partition coefficient (Wildman–Crippen LogP) is 0.300. The number of hydrogen-bond donors (Lipinski definition) is 1. The first-order chi connectivity index (χ1) is 5.33. The summed E-state index contributed by atoms with van der Waals surface area (Å²) < 4.78 is 4.87. The number of esters is 1. The fraction of sp³-hybridized carbons (Fsp3) is 0.875. The zero-order chi connectivity index (χ0) is 7.84. The summed E-state index contributed by atoms with van der Waals surface area (Å²) in [5.41, 5.74) is 0. The zero-order valence-electron chi connectivity index (χ0n) is 6.67. The maximum Gasteiger partial charge on any atom is 0.324 e. The first-order valence-electron chi connectivity index (χ1n) is 4.25. The van der Waals surface area contributed by atoms with Crippen molar-refractivity contribution in [2.45, 2.75) is 31.8 Å². The molecule has 0 spiro atoms. The van der Waals surface area contributed by atoms with Gasteiger partial charge in [-0.1, -0.05) is 0 Å². The molecule has 0 aromatic carbocycles. The first-order valence-corrected chi connectivity index (χ1v) is 4.25. The Morgan fingerprint density at radius 1 is 1.64 bits per heavy atom. The number of nitrogens with one attached hydrogen (secondary N) is 1. The fourth-order valence-corrected chi connectivity index (χ4v) is 1.46. The summed E-state index contributed by atoms with van der Waals surface area (Å²) in [7, 11) is 0. The van der Waals surface area contributed by atoms with E-state index < -0.39 is 0 Å². The quantitative estimate of drug-likeness (QED) is 0.471. The van der Waals surface area contributed by atoms with E-state index in [0.29, 0.717) is 12.6 Å². The molecule has 2 atom stereocenters. The van der Waals surface area contributed by atoms with E-state index in [-0.39, 0.29) is 12.0 Å². The van der Waals surface area contributed by atoms with Crippen molar-refractivity contribution in [3.8, 4) is 0 Å². The summed E-state index contributed by atoms with van der Waals surface area (Å²) in [5, 5.41) is 3.14. The lowest BCUT2D eigenvalue weighted by Crippen LogP contribution is -2.15. The number of carbonyl (C=O) groups is 1. The van der Waals surface area contributed by atoms with Crippen molar-refractivity contribution in [2.24, 2.45) is 5.92 Å². The maximum atomic E-state index is 11.1. The molecule has 1 heterocycles. The summed E-state index contributed by atoms with van der Waals surface area (Å²) >= 11 is 0. The van der Waals surface area contributed by atoms with Crippen molar-refractivity contribution >= 4 is 5.97 Å². The number of carbonyl (C=O) groups excluding carboxylic acids is 1. The van der Waals surface area contributed by atoms with Crippen molar-refractivity contribution in [1.82, 2.24) is 5.32 Å². The number of ether oxygens (including phenoxy) is 1. The Kier molecular flexibility index (Phi) is 1.60. The molecule has 1 N–H and O–H groups in total. The molecular weight excluding hydrogens is 142 g/mol. The Morgan fingerprint density at radius 3 is 2.91 bits per heavy atom. The second kappa shape index (κ2) is 2.48. The molecule has 3 nitrogen and oxygen atoms in total. The van der Waals surface area contributed by atoms with Gasteiger partial charge in [-0.15, -0.1) is 0 Å². The highest BCUT2D eigenvalue weighted by atomic mass is 16.5. The van der Waals surface area contributed by atoms with Gasteiger partial charge in [0.05, 0.1) is 6.61 Å². The van der Waals surface area contributed by atoms with Crippen LogP contribution in [0.3, 0.4) is 0 Å². The van der Waals surface area contributed by atoms with Crippen LogP contribution in [0.4, 0.5) is 0 Å². The SMILES string of the molecule is CCOC(=O)[C@H]1N[C@@H]1C1CC1. The molecule has 1 aliphatic heterocycles. The Hall–Kier alpha value is -0.570. The van der Waals surface area contributed by atoms with E-state index in [1.165, 1.54) is 12.8 Å². The Morgan fingerprint density at radius 2 is 2.36 bits per heavy atom. The highest BCUT2D eigenvalue weighted by molar-refractivity contribution is 5.80. The third-order valence-corrected chi connectivity index (χ3v) is 2.29. The molecule has 2 rings (SSSR count). The van der Waals surface area contributed by atoms with Crippen LogP contribution in [0, 0.1) is 5.92 Å². The minimum absolute atomic E-state index is 0.0300. The van der Waals surface area contributed by atoms with Crippen LogP contribution in [0.15, 0.2) is 0 Å². The van der Waals surface area contributed by atoms with Gasteiger partial charge in [0.2, 0.25) is 0 Å². The lowest BCUT2D eigenvalue weighted by atomic mass is 10.2. The third kappa shape index (κ3) is 1.38. The average molecular weight is 155 g/mol. The molecule has 0 bridgehead atoms. The van der Waals surface area contributed by atoms with Crippen molar-refractivity contribution in [1.29, 1.82) is 0 Å². The molecule has 11 heavy (non-hydrogen) atoms. The summed E-state index contributed by atoms with van der Waals surface area (Å²) in [6.45, 7) is 2.33. The predicted molar refractivity (Wildman–Crippen MR) is 40.1 cm³/mol. The second-order valence-electron chi connectivity index (χ2n) is 3.26. The average Bonchev–Trinajstić information content (AvgIpc) is 2.83. The van der Waals surface area contributed by atoms with E-state index in [0.717, 1.165) is 5.92 Å². The first kappa shape index (κ1) is 7.10. The van der Waals surface area contributed by atoms with Crippen LogP contribution in [0.5, 0.6) is 0 Å². The van der Waals surface area contributed by atoms with Gasteiger partial charge in [-0.2, -0.15) is 0 Å². The third-order valence-electron chi connectivity index (χ3n) is 2.29. The van der Waals surface area contributed by atoms with Crippen LogP contribution in [-0.4, -0.2) is 24.7 Å². The van der Waals surface area contributed by atoms with Gasteiger partial charge in [0.25, 0.3) is 0 Å². The van der Waals surface area contributed by atoms with Crippen molar-refractivity contribution < 1.29 is 9.53 Å². The molecule has 2 fully saturated rings. The standard InChI is InChI=1S/C8H13NO2/c1-2-11-8(10)7-6(9-7)5-3-4-5/h5-7,9H,2-4H2,1H3/t6-,7+/m1/s1. The lowest BCUT2D eigenvalue weighted by molar-refractivity contribution is -0.142. The van der Waals surface area contributed by atoms with Crippen LogP contribution in [0.2, 0.25) is 0 Å². The van der Waals surface area contributed by atoms with Crippen LogP contribution in [0.25, 0.3) is 0 Å². The molecule has 3 heteroatoms. The monoisotopic (exact) mass is 155 g/mol. The smallest absolute Gasteiger partial charge is 0.324 e. The number of rotatable bonds is 3. The van der Waals surface area contributed by atoms with E-state index in [2.05, 4.69) is 5.32 Å². The maximum absolute atomic E-state index is 11.1. The van der Waals surface area contributed by atoms with Gasteiger partial charge in [0.15, 0.2) is 0 Å². The van der Waals surface area contributed by atoms with Crippen molar-refractivity contribution in [3.63, 3.8) is 0 Å². The molecule has 1 saturated carbocycles. The van der Waals surface area contributed by atoms with Gasteiger partial charge < -0.3 is 4.74 Å². The zero-order valence-corrected chi connectivity index (χ0v) is 6.67. The fourth-order valence-electron chi connectivity index (χ4n) is 1.46. The van der Waals surface area contributed by atoms with Gasteiger partial charge in [0.1, 0.15) is 6.04 Å².